The van der Waals surface area contributed by atoms with Crippen molar-refractivity contribution in [3.63, 3.8) is 0 Å². The van der Waals surface area contributed by atoms with Crippen LogP contribution in [0, 0.1) is 0 Å². The summed E-state index contributed by atoms with van der Waals surface area (Å²) in [5.74, 6) is -1.15. The molecule has 0 amide bonds. The predicted octanol–water partition coefficient (Wildman–Crippen LogP) is 10.8. The second-order valence-electron chi connectivity index (χ2n) is 16.4. The maximum atomic E-state index is 13.7. The minimum atomic E-state index is -1.76. The van der Waals surface area contributed by atoms with E-state index in [0.717, 1.165) is 43.1 Å². The first kappa shape index (κ1) is 44.8. The molecule has 0 aromatic heterocycles. The Labute approximate surface area is 367 Å². The summed E-state index contributed by atoms with van der Waals surface area (Å²) in [7, 11) is 0. The van der Waals surface area contributed by atoms with Crippen molar-refractivity contribution in [2.75, 3.05) is 0 Å². The summed E-state index contributed by atoms with van der Waals surface area (Å²) in [4.78, 5) is 0. The summed E-state index contributed by atoms with van der Waals surface area (Å²) in [6.45, 7) is 10.6. The number of aliphatic hydroxyl groups is 4. The Bertz CT molecular complexity index is 2360. The van der Waals surface area contributed by atoms with Gasteiger partial charge in [0.1, 0.15) is 23.4 Å². The maximum Gasteiger partial charge on any atom is 0.164 e. The molecule has 2 atom stereocenters. The van der Waals surface area contributed by atoms with Crippen molar-refractivity contribution in [1.29, 1.82) is 0 Å². The molecule has 1 fully saturated rings. The fourth-order valence-corrected chi connectivity index (χ4v) is 8.07. The van der Waals surface area contributed by atoms with E-state index < -0.39 is 29.2 Å². The zero-order valence-corrected chi connectivity index (χ0v) is 36.6. The molecule has 0 unspecified atom stereocenters. The van der Waals surface area contributed by atoms with Crippen LogP contribution in [0.15, 0.2) is 170 Å². The van der Waals surface area contributed by atoms with Gasteiger partial charge in [0, 0.05) is 33.9 Å². The maximum absolute atomic E-state index is 13.7. The van der Waals surface area contributed by atoms with E-state index in [0.29, 0.717) is 22.3 Å². The Morgan fingerprint density at radius 1 is 0.400 bits per heavy atom. The number of fused-ring (bicyclic) bond motifs is 4. The van der Waals surface area contributed by atoms with Gasteiger partial charge in [-0.05, 0) is 131 Å². The molecule has 7 heteroatoms. The summed E-state index contributed by atoms with van der Waals surface area (Å²) in [6, 6.07) is 56.6. The van der Waals surface area contributed by atoms with Gasteiger partial charge in [0.05, 0.1) is 0 Å². The van der Waals surface area contributed by atoms with E-state index in [1.807, 2.05) is 159 Å². The number of ether oxygens (including phenoxy) is 2. The van der Waals surface area contributed by atoms with Crippen molar-refractivity contribution in [1.82, 2.24) is 0 Å². The summed E-state index contributed by atoms with van der Waals surface area (Å²) in [5, 5.41) is 51.6. The Hall–Kier alpha value is -4.73. The third kappa shape index (κ3) is 9.28. The minimum absolute atomic E-state index is 0. The van der Waals surface area contributed by atoms with Crippen LogP contribution in [0.2, 0.25) is 0 Å². The first-order chi connectivity index (χ1) is 28.2. The van der Waals surface area contributed by atoms with E-state index in [1.54, 1.807) is 27.7 Å². The Morgan fingerprint density at radius 2 is 0.600 bits per heavy atom. The number of benzene rings is 8. The third-order valence-corrected chi connectivity index (χ3v) is 10.7. The molecular weight excluding hydrogens is 780 g/mol. The van der Waals surface area contributed by atoms with E-state index in [2.05, 4.69) is 24.3 Å². The van der Waals surface area contributed by atoms with Gasteiger partial charge in [-0.3, -0.25) is 0 Å². The summed E-state index contributed by atoms with van der Waals surface area (Å²) in [5.41, 5.74) is -0.930. The minimum Gasteiger partial charge on any atom is -0.394 e. The van der Waals surface area contributed by atoms with Crippen LogP contribution in [0.1, 0.15) is 63.8 Å². The Kier molecular flexibility index (Phi) is 13.8. The fraction of sp³-hybridized carbons (Fsp3) is 0.245. The molecule has 0 saturated carbocycles. The SMILES string of the molecule is CC(C)O.CC(C)O.CC1(C)O[C@@H](C(O)(c2ccc3ccccc3c2)c2ccc3ccccc3c2)[C@H](C(O)(c2ccc3ccccc3c2)c2ccc3ccccc3c2)O1.[Ti]. The van der Waals surface area contributed by atoms with Gasteiger partial charge in [-0.2, -0.15) is 0 Å². The number of hydrogen-bond donors (Lipinski definition) is 4. The standard InChI is InChI=1S/C47H38O4.2C3H8O.Ti/c1-45(2)50-43(46(48,39-23-19-31-11-3-7-15-35(31)27-39)40-24-20-32-12-4-8-16-36(32)28-40)44(51-45)47(49,41-25-21-33-13-5-9-17-37(33)29-41)42-26-22-34-14-6-10-18-38(34)30-42;2*1-3(2)4;/h3-30,43-44,48-49H,1-2H3;2*3-4H,1-2H3;/t43-,44-;;;/m1.../s1. The van der Waals surface area contributed by atoms with E-state index in [1.165, 1.54) is 0 Å². The van der Waals surface area contributed by atoms with Crippen LogP contribution in [0.5, 0.6) is 0 Å². The number of hydrogen-bond acceptors (Lipinski definition) is 6. The number of aliphatic hydroxyl groups excluding tert-OH is 2. The normalized spacial score (nSPS) is 16.3. The Balaban J connectivity index is 0.000000619. The molecule has 1 saturated heterocycles. The molecule has 9 rings (SSSR count). The second kappa shape index (κ2) is 18.5. The predicted molar refractivity (Wildman–Crippen MR) is 240 cm³/mol. The molecule has 8 aromatic rings. The first-order valence-corrected chi connectivity index (χ1v) is 20.3. The van der Waals surface area contributed by atoms with Crippen molar-refractivity contribution >= 4 is 43.1 Å². The zero-order chi connectivity index (χ0) is 42.0. The summed E-state index contributed by atoms with van der Waals surface area (Å²) < 4.78 is 13.8. The first-order valence-electron chi connectivity index (χ1n) is 20.3. The zero-order valence-electron chi connectivity index (χ0n) is 35.1. The summed E-state index contributed by atoms with van der Waals surface area (Å²) in [6.07, 6.45) is -2.45. The largest absolute Gasteiger partial charge is 0.394 e. The molecule has 1 aliphatic rings. The molecule has 4 N–H and O–H groups in total. The van der Waals surface area contributed by atoms with Gasteiger partial charge in [-0.15, -0.1) is 0 Å². The van der Waals surface area contributed by atoms with E-state index >= 15 is 0 Å². The average Bonchev–Trinajstić information content (AvgIpc) is 3.57. The van der Waals surface area contributed by atoms with Gasteiger partial charge < -0.3 is 29.9 Å². The molecule has 0 spiro atoms. The molecule has 0 bridgehead atoms. The Morgan fingerprint density at radius 3 is 0.817 bits per heavy atom. The van der Waals surface area contributed by atoms with Crippen molar-refractivity contribution in [2.45, 2.75) is 82.9 Å². The van der Waals surface area contributed by atoms with Crippen LogP contribution in [-0.4, -0.2) is 50.6 Å². The van der Waals surface area contributed by atoms with E-state index in [4.69, 9.17) is 19.7 Å². The van der Waals surface area contributed by atoms with Crippen LogP contribution in [0.4, 0.5) is 0 Å². The molecule has 0 aliphatic carbocycles. The van der Waals surface area contributed by atoms with Gasteiger partial charge in [-0.25, -0.2) is 0 Å². The van der Waals surface area contributed by atoms with Crippen LogP contribution in [-0.2, 0) is 42.4 Å². The third-order valence-electron chi connectivity index (χ3n) is 10.7. The number of rotatable bonds is 6. The molecule has 6 nitrogen and oxygen atoms in total. The summed E-state index contributed by atoms with van der Waals surface area (Å²) >= 11 is 0. The quantitative estimate of drug-likeness (QED) is 0.125. The van der Waals surface area contributed by atoms with Crippen LogP contribution < -0.4 is 0 Å². The topological polar surface area (TPSA) is 99.4 Å². The smallest absolute Gasteiger partial charge is 0.164 e. The average molecular weight is 835 g/mol. The molecule has 1 heterocycles. The van der Waals surface area contributed by atoms with Crippen molar-refractivity contribution in [3.05, 3.63) is 192 Å². The van der Waals surface area contributed by atoms with Gasteiger partial charge in [0.2, 0.25) is 0 Å². The van der Waals surface area contributed by atoms with Crippen molar-refractivity contribution < 1.29 is 51.6 Å². The second-order valence-corrected chi connectivity index (χ2v) is 16.4. The monoisotopic (exact) mass is 834 g/mol. The molecule has 60 heavy (non-hydrogen) atoms. The van der Waals surface area contributed by atoms with E-state index in [-0.39, 0.29) is 33.9 Å². The molecule has 8 aromatic carbocycles. The fourth-order valence-electron chi connectivity index (χ4n) is 8.07. The molecule has 306 valence electrons. The van der Waals surface area contributed by atoms with Gasteiger partial charge in [-0.1, -0.05) is 146 Å². The molecule has 1 aliphatic heterocycles. The van der Waals surface area contributed by atoms with Gasteiger partial charge in [0.15, 0.2) is 5.79 Å². The van der Waals surface area contributed by atoms with Crippen LogP contribution >= 0.6 is 0 Å². The van der Waals surface area contributed by atoms with Gasteiger partial charge >= 0.3 is 0 Å². The van der Waals surface area contributed by atoms with Crippen molar-refractivity contribution in [3.8, 4) is 0 Å². The van der Waals surface area contributed by atoms with Gasteiger partial charge in [0.25, 0.3) is 0 Å². The molecular formula is C53H54O6Ti. The van der Waals surface area contributed by atoms with Crippen molar-refractivity contribution in [2.24, 2.45) is 0 Å². The van der Waals surface area contributed by atoms with Crippen LogP contribution in [0.25, 0.3) is 43.1 Å². The van der Waals surface area contributed by atoms with E-state index in [9.17, 15) is 10.2 Å². The molecule has 0 radical (unpaired) electrons. The van der Waals surface area contributed by atoms with Crippen LogP contribution in [0.3, 0.4) is 0 Å².